The van der Waals surface area contributed by atoms with Crippen molar-refractivity contribution in [2.45, 2.75) is 70.4 Å². The summed E-state index contributed by atoms with van der Waals surface area (Å²) in [5.74, 6) is -4.84. The molecule has 354 valence electrons. The number of alkyl halides is 5. The summed E-state index contributed by atoms with van der Waals surface area (Å²) in [6, 6.07) is 15.4. The van der Waals surface area contributed by atoms with Gasteiger partial charge in [0.05, 0.1) is 24.1 Å². The number of likely N-dealkylation sites (tertiary alicyclic amines) is 1. The van der Waals surface area contributed by atoms with E-state index in [1.165, 1.54) is 42.8 Å². The molecule has 1 atom stereocenters. The number of nitrogens with zero attached hydrogens (tertiary/aromatic N) is 6. The molecule has 20 heteroatoms. The van der Waals surface area contributed by atoms with E-state index in [0.717, 1.165) is 0 Å². The molecule has 12 nitrogen and oxygen atoms in total. The molecule has 1 fully saturated rings. The number of fused-ring (bicyclic) bond motifs is 8. The Bertz CT molecular complexity index is 2650. The first kappa shape index (κ1) is 48.9. The molecule has 1 N–H and O–H groups in total. The molecule has 2 aromatic heterocycles. The van der Waals surface area contributed by atoms with Crippen molar-refractivity contribution >= 4 is 52.4 Å². The van der Waals surface area contributed by atoms with E-state index in [2.05, 4.69) is 26.7 Å². The number of carboxylic acid groups (broad SMARTS) is 1. The molecule has 8 rings (SSSR count). The average molecular weight is 971 g/mol. The Labute approximate surface area is 390 Å². The van der Waals surface area contributed by atoms with Gasteiger partial charge in [-0.05, 0) is 71.3 Å². The number of aliphatic carboxylic acids is 1. The third-order valence-electron chi connectivity index (χ3n) is 11.4. The van der Waals surface area contributed by atoms with Gasteiger partial charge in [-0.3, -0.25) is 14.8 Å². The highest BCUT2D eigenvalue weighted by Gasteiger charge is 2.35. The Kier molecular flexibility index (Phi) is 15.2. The van der Waals surface area contributed by atoms with Crippen LogP contribution in [-0.2, 0) is 40.3 Å². The van der Waals surface area contributed by atoms with Crippen LogP contribution in [0, 0.1) is 12.7 Å². The number of hydrogen-bond acceptors (Lipinski definition) is 11. The predicted octanol–water partition coefficient (Wildman–Crippen LogP) is 9.92. The van der Waals surface area contributed by atoms with Gasteiger partial charge in [-0.15, -0.1) is 11.3 Å². The van der Waals surface area contributed by atoms with Crippen molar-refractivity contribution in [3.05, 3.63) is 111 Å². The molecule has 0 spiro atoms. The number of aliphatic imine (C=N–C) groups is 2. The summed E-state index contributed by atoms with van der Waals surface area (Å²) >= 11 is 8.41. The van der Waals surface area contributed by atoms with E-state index in [-0.39, 0.29) is 87.7 Å². The summed E-state index contributed by atoms with van der Waals surface area (Å²) in [6.07, 6.45) is -7.06. The Morgan fingerprint density at radius 2 is 1.79 bits per heavy atom. The zero-order valence-corrected chi connectivity index (χ0v) is 37.9. The van der Waals surface area contributed by atoms with Crippen LogP contribution in [0.4, 0.5) is 31.3 Å². The normalized spacial score (nSPS) is 17.4. The van der Waals surface area contributed by atoms with Crippen LogP contribution in [0.3, 0.4) is 0 Å². The highest BCUT2D eigenvalue weighted by atomic mass is 35.5. The van der Waals surface area contributed by atoms with Crippen LogP contribution in [0.15, 0.2) is 76.8 Å². The Morgan fingerprint density at radius 3 is 2.48 bits per heavy atom. The predicted molar refractivity (Wildman–Crippen MR) is 241 cm³/mol. The lowest BCUT2D eigenvalue weighted by Crippen LogP contribution is -2.44. The standard InChI is InChI=1S/C47H45ClF6N6O6S/c1-27-34-10-7-30(40(27)48)25-60(20-19-59-17-13-46(50,51)14-18-59)37(61)23-28-4-11-35(65-26-33-12-16-57-45(58-33)64-21-15-47(52,53)54)31(22-28)24-36(44(62)63)66-42(55-2)39-38(34)41(67-43(39)56-3)29-5-8-32(49)9-6-29/h4-12,16,22,36H,3,13-15,17-21,23-26H2,1-2H3,(H,62,63)/b55-42+/t36-/m1/s1. The first-order chi connectivity index (χ1) is 31.9. The zero-order chi connectivity index (χ0) is 48.0. The molecule has 5 heterocycles. The maximum absolute atomic E-state index is 14.4. The number of carbonyl (C=O) groups excluding carboxylic acids is 1. The van der Waals surface area contributed by atoms with Crippen molar-refractivity contribution in [1.29, 1.82) is 0 Å². The molecule has 0 saturated carbocycles. The molecule has 67 heavy (non-hydrogen) atoms. The van der Waals surface area contributed by atoms with Crippen LogP contribution in [0.5, 0.6) is 11.8 Å². The van der Waals surface area contributed by atoms with Gasteiger partial charge in [0.15, 0.2) is 0 Å². The second-order valence-electron chi connectivity index (χ2n) is 16.0. The maximum Gasteiger partial charge on any atom is 0.392 e. The minimum atomic E-state index is -4.44. The third kappa shape index (κ3) is 12.1. The number of amides is 1. The van der Waals surface area contributed by atoms with Crippen LogP contribution in [0.1, 0.15) is 52.8 Å². The molecule has 0 aliphatic carbocycles. The lowest BCUT2D eigenvalue weighted by molar-refractivity contribution is -0.145. The fourth-order valence-electron chi connectivity index (χ4n) is 7.79. The maximum atomic E-state index is 14.4. The number of carbonyl (C=O) groups is 2. The van der Waals surface area contributed by atoms with E-state index in [0.29, 0.717) is 66.0 Å². The third-order valence-corrected chi connectivity index (χ3v) is 13.1. The quantitative estimate of drug-likeness (QED) is 0.0957. The summed E-state index contributed by atoms with van der Waals surface area (Å²) < 4.78 is 98.3. The van der Waals surface area contributed by atoms with Crippen molar-refractivity contribution in [3.63, 3.8) is 0 Å². The van der Waals surface area contributed by atoms with Gasteiger partial charge in [-0.1, -0.05) is 48.0 Å². The molecule has 5 aromatic rings. The minimum Gasteiger partial charge on any atom is -0.487 e. The summed E-state index contributed by atoms with van der Waals surface area (Å²) in [4.78, 5) is 48.5. The molecule has 1 saturated heterocycles. The number of thiophene rings is 1. The summed E-state index contributed by atoms with van der Waals surface area (Å²) in [5.41, 5.74) is 4.21. The molecule has 0 radical (unpaired) electrons. The number of hydrogen-bond donors (Lipinski definition) is 1. The fourth-order valence-corrected chi connectivity index (χ4v) is 9.13. The van der Waals surface area contributed by atoms with Crippen LogP contribution < -0.4 is 9.47 Å². The second kappa shape index (κ2) is 20.9. The Balaban J connectivity index is 1.31. The number of ether oxygens (including phenoxy) is 3. The van der Waals surface area contributed by atoms with Crippen molar-refractivity contribution in [3.8, 4) is 33.3 Å². The van der Waals surface area contributed by atoms with Gasteiger partial charge < -0.3 is 29.1 Å². The topological polar surface area (TPSA) is 139 Å². The molecule has 3 aliphatic rings. The number of rotatable bonds is 12. The van der Waals surface area contributed by atoms with E-state index in [4.69, 9.17) is 25.8 Å². The van der Waals surface area contributed by atoms with Crippen molar-refractivity contribution in [2.24, 2.45) is 9.98 Å². The van der Waals surface area contributed by atoms with E-state index in [1.54, 1.807) is 48.2 Å². The lowest BCUT2D eigenvalue weighted by Gasteiger charge is -2.33. The van der Waals surface area contributed by atoms with E-state index in [9.17, 15) is 41.0 Å². The lowest BCUT2D eigenvalue weighted by atomic mass is 9.93. The van der Waals surface area contributed by atoms with E-state index >= 15 is 0 Å². The van der Waals surface area contributed by atoms with Gasteiger partial charge in [0.2, 0.25) is 17.9 Å². The second-order valence-corrected chi connectivity index (χ2v) is 17.4. The van der Waals surface area contributed by atoms with Gasteiger partial charge >= 0.3 is 18.2 Å². The zero-order valence-electron chi connectivity index (χ0n) is 36.3. The number of aromatic nitrogens is 2. The first-order valence-corrected chi connectivity index (χ1v) is 22.3. The molecule has 3 aliphatic heterocycles. The number of halogens is 7. The summed E-state index contributed by atoms with van der Waals surface area (Å²) in [7, 11) is 1.43. The van der Waals surface area contributed by atoms with Crippen molar-refractivity contribution < 1.29 is 55.2 Å². The van der Waals surface area contributed by atoms with Crippen LogP contribution in [0.2, 0.25) is 5.02 Å². The molecular weight excluding hydrogens is 926 g/mol. The molecule has 1 amide bonds. The van der Waals surface area contributed by atoms with Crippen molar-refractivity contribution in [1.82, 2.24) is 19.8 Å². The van der Waals surface area contributed by atoms with Crippen LogP contribution >= 0.6 is 22.9 Å². The summed E-state index contributed by atoms with van der Waals surface area (Å²) in [6.45, 7) is 5.53. The molecular formula is C47H45ClF6N6O6S. The number of benzene rings is 3. The highest BCUT2D eigenvalue weighted by molar-refractivity contribution is 7.20. The number of carboxylic acids is 1. The van der Waals surface area contributed by atoms with Crippen LogP contribution in [-0.4, -0.2) is 107 Å². The Hall–Kier alpha value is -6.05. The van der Waals surface area contributed by atoms with E-state index in [1.807, 2.05) is 11.0 Å². The average Bonchev–Trinajstić information content (AvgIpc) is 3.66. The van der Waals surface area contributed by atoms with E-state index < -0.39 is 43.0 Å². The summed E-state index contributed by atoms with van der Waals surface area (Å²) in [5, 5.41) is 11.4. The van der Waals surface area contributed by atoms with Crippen LogP contribution in [0.25, 0.3) is 21.6 Å². The highest BCUT2D eigenvalue weighted by Crippen LogP contribution is 2.50. The fraction of sp³-hybridized carbons (Fsp3) is 0.362. The SMILES string of the molecule is C=Nc1sc(-c2ccc(F)cc2)c2c1/C(=N\C)O[C@@H](C(=O)O)Cc1cc(ccc1OCc1ccnc(OCCC(F)(F)F)n1)CC(=O)N(CCN1CCC(F)(F)CC1)Cc1ccc-2c(C)c1Cl. The van der Waals surface area contributed by atoms with Gasteiger partial charge in [0.1, 0.15) is 29.8 Å². The first-order valence-electron chi connectivity index (χ1n) is 21.1. The molecule has 3 aromatic carbocycles. The molecule has 4 bridgehead atoms. The monoisotopic (exact) mass is 970 g/mol. The molecule has 0 unspecified atom stereocenters. The van der Waals surface area contributed by atoms with Crippen molar-refractivity contribution in [2.75, 3.05) is 39.8 Å². The van der Waals surface area contributed by atoms with Gasteiger partial charge in [0, 0.05) is 80.7 Å². The minimum absolute atomic E-state index is 0.0598. The van der Waals surface area contributed by atoms with Gasteiger partial charge in [-0.2, -0.15) is 18.2 Å². The largest absolute Gasteiger partial charge is 0.487 e. The van der Waals surface area contributed by atoms with Gasteiger partial charge in [-0.25, -0.2) is 22.9 Å². The smallest absolute Gasteiger partial charge is 0.392 e. The number of piperidine rings is 1. The van der Waals surface area contributed by atoms with Gasteiger partial charge in [0.25, 0.3) is 5.92 Å². The Morgan fingerprint density at radius 1 is 1.04 bits per heavy atom.